The maximum Gasteiger partial charge on any atom is 0.267 e. The fourth-order valence-electron chi connectivity index (χ4n) is 3.79. The van der Waals surface area contributed by atoms with E-state index >= 15 is 0 Å². The van der Waals surface area contributed by atoms with E-state index in [2.05, 4.69) is 25.7 Å². The van der Waals surface area contributed by atoms with E-state index in [0.717, 1.165) is 16.7 Å². The van der Waals surface area contributed by atoms with Gasteiger partial charge in [-0.2, -0.15) is 9.61 Å². The van der Waals surface area contributed by atoms with Gasteiger partial charge in [0.15, 0.2) is 11.5 Å². The Morgan fingerprint density at radius 3 is 2.49 bits per heavy atom. The number of amides is 1. The molecule has 0 saturated heterocycles. The van der Waals surface area contributed by atoms with Gasteiger partial charge in [0.25, 0.3) is 5.56 Å². The van der Waals surface area contributed by atoms with Crippen LogP contribution in [0.1, 0.15) is 18.5 Å². The van der Waals surface area contributed by atoms with Crippen LogP contribution in [0.5, 0.6) is 5.88 Å². The molecule has 3 heterocycles. The third-order valence-electron chi connectivity index (χ3n) is 5.84. The summed E-state index contributed by atoms with van der Waals surface area (Å²) < 4.78 is 8.54. The van der Waals surface area contributed by atoms with Crippen LogP contribution in [0.4, 0.5) is 0 Å². The smallest absolute Gasteiger partial charge is 0.267 e. The number of aromatic nitrogens is 6. The fraction of sp³-hybridized carbons (Fsp3) is 0.185. The molecule has 0 saturated carbocycles. The third-order valence-corrected chi connectivity index (χ3v) is 5.84. The molecule has 1 amide bonds. The minimum absolute atomic E-state index is 0.186. The van der Waals surface area contributed by atoms with Crippen LogP contribution in [0.15, 0.2) is 83.7 Å². The summed E-state index contributed by atoms with van der Waals surface area (Å²) in [5, 5.41) is 20.0. The number of rotatable bonds is 8. The zero-order valence-corrected chi connectivity index (χ0v) is 20.4. The predicted octanol–water partition coefficient (Wildman–Crippen LogP) is 3.08. The highest BCUT2D eigenvalue weighted by Gasteiger charge is 2.18. The normalized spacial score (nSPS) is 11.8. The molecule has 10 heteroatoms. The van der Waals surface area contributed by atoms with Gasteiger partial charge in [0.2, 0.25) is 11.8 Å². The summed E-state index contributed by atoms with van der Waals surface area (Å²) in [4.78, 5) is 25.1. The second-order valence-corrected chi connectivity index (χ2v) is 8.51. The van der Waals surface area contributed by atoms with Gasteiger partial charge in [-0.3, -0.25) is 9.59 Å². The summed E-state index contributed by atoms with van der Waals surface area (Å²) in [6.45, 7) is 4.05. The molecule has 0 aliphatic rings. The van der Waals surface area contributed by atoms with Crippen molar-refractivity contribution in [1.82, 2.24) is 34.9 Å². The highest BCUT2D eigenvalue weighted by molar-refractivity contribution is 5.79. The standard InChI is InChI=1S/C27H25N7O3/c1-18-8-10-20(11-9-18)22-12-15-25(35)33(31-22)19(2)27(36)28-16-17-37-24-14-13-23-29-30-26(34(23)32-24)21-6-4-3-5-7-21/h3-15,19H,16-17H2,1-2H3,(H,28,36)/t19-/m0/s1. The summed E-state index contributed by atoms with van der Waals surface area (Å²) in [5.74, 6) is 0.636. The lowest BCUT2D eigenvalue weighted by molar-refractivity contribution is -0.124. The zero-order valence-electron chi connectivity index (χ0n) is 20.4. The van der Waals surface area contributed by atoms with Crippen LogP contribution in [0.2, 0.25) is 0 Å². The maximum atomic E-state index is 12.7. The molecule has 2 aromatic carbocycles. The number of hydrogen-bond acceptors (Lipinski definition) is 7. The molecular weight excluding hydrogens is 470 g/mol. The molecule has 0 aliphatic carbocycles. The first-order valence-electron chi connectivity index (χ1n) is 11.8. The molecular formula is C27H25N7O3. The van der Waals surface area contributed by atoms with Crippen molar-refractivity contribution >= 4 is 11.6 Å². The number of nitrogens with zero attached hydrogens (tertiary/aromatic N) is 6. The third kappa shape index (κ3) is 5.22. The van der Waals surface area contributed by atoms with E-state index in [1.807, 2.05) is 61.5 Å². The van der Waals surface area contributed by atoms with E-state index < -0.39 is 6.04 Å². The molecule has 37 heavy (non-hydrogen) atoms. The average molecular weight is 496 g/mol. The summed E-state index contributed by atoms with van der Waals surface area (Å²) in [7, 11) is 0. The number of aryl methyl sites for hydroxylation is 1. The number of ether oxygens (including phenoxy) is 1. The maximum absolute atomic E-state index is 12.7. The number of hydrogen-bond donors (Lipinski definition) is 1. The first-order valence-corrected chi connectivity index (χ1v) is 11.8. The van der Waals surface area contributed by atoms with Crippen molar-refractivity contribution in [2.24, 2.45) is 0 Å². The highest BCUT2D eigenvalue weighted by Crippen LogP contribution is 2.19. The van der Waals surface area contributed by atoms with E-state index in [1.165, 1.54) is 10.7 Å². The first kappa shape index (κ1) is 23.9. The first-order chi connectivity index (χ1) is 18.0. The topological polar surface area (TPSA) is 116 Å². The molecule has 186 valence electrons. The van der Waals surface area contributed by atoms with Crippen LogP contribution in [-0.2, 0) is 4.79 Å². The predicted molar refractivity (Wildman–Crippen MR) is 138 cm³/mol. The van der Waals surface area contributed by atoms with Gasteiger partial charge in [-0.1, -0.05) is 60.2 Å². The summed E-state index contributed by atoms with van der Waals surface area (Å²) in [6, 6.07) is 23.2. The van der Waals surface area contributed by atoms with Gasteiger partial charge < -0.3 is 10.1 Å². The molecule has 0 spiro atoms. The van der Waals surface area contributed by atoms with Crippen LogP contribution in [0, 0.1) is 6.92 Å². The van der Waals surface area contributed by atoms with Crippen LogP contribution >= 0.6 is 0 Å². The van der Waals surface area contributed by atoms with Gasteiger partial charge in [-0.05, 0) is 26.0 Å². The van der Waals surface area contributed by atoms with E-state index in [-0.39, 0.29) is 24.6 Å². The number of carbonyl (C=O) groups is 1. The van der Waals surface area contributed by atoms with E-state index in [1.54, 1.807) is 29.6 Å². The minimum Gasteiger partial charge on any atom is -0.475 e. The van der Waals surface area contributed by atoms with Crippen LogP contribution in [0.3, 0.4) is 0 Å². The van der Waals surface area contributed by atoms with Crippen LogP contribution in [-0.4, -0.2) is 48.7 Å². The number of carbonyl (C=O) groups excluding carboxylic acids is 1. The quantitative estimate of drug-likeness (QED) is 0.329. The summed E-state index contributed by atoms with van der Waals surface area (Å²) in [5.41, 5.74) is 3.74. The monoisotopic (exact) mass is 495 g/mol. The van der Waals surface area contributed by atoms with E-state index in [0.29, 0.717) is 23.0 Å². The Morgan fingerprint density at radius 1 is 0.919 bits per heavy atom. The Kier molecular flexibility index (Phi) is 6.71. The van der Waals surface area contributed by atoms with Gasteiger partial charge in [-0.25, -0.2) is 4.68 Å². The van der Waals surface area contributed by atoms with Crippen molar-refractivity contribution in [2.45, 2.75) is 19.9 Å². The number of nitrogens with one attached hydrogen (secondary N) is 1. The summed E-state index contributed by atoms with van der Waals surface area (Å²) in [6.07, 6.45) is 0. The Labute approximate surface area is 212 Å². The van der Waals surface area contributed by atoms with Crippen molar-refractivity contribution in [1.29, 1.82) is 0 Å². The Bertz CT molecular complexity index is 1590. The minimum atomic E-state index is -0.794. The van der Waals surface area contributed by atoms with Crippen molar-refractivity contribution in [3.8, 4) is 28.5 Å². The zero-order chi connectivity index (χ0) is 25.8. The Balaban J connectivity index is 1.21. The second-order valence-electron chi connectivity index (χ2n) is 8.51. The Morgan fingerprint density at radius 2 is 1.70 bits per heavy atom. The number of benzene rings is 2. The fourth-order valence-corrected chi connectivity index (χ4v) is 3.79. The molecule has 3 aromatic heterocycles. The van der Waals surface area contributed by atoms with Crippen molar-refractivity contribution in [3.63, 3.8) is 0 Å². The van der Waals surface area contributed by atoms with Gasteiger partial charge >= 0.3 is 0 Å². The second kappa shape index (κ2) is 10.4. The van der Waals surface area contributed by atoms with Gasteiger partial charge in [0.1, 0.15) is 12.6 Å². The Hall–Kier alpha value is -4.86. The molecule has 1 atom stereocenters. The van der Waals surface area contributed by atoms with Gasteiger partial charge in [0.05, 0.1) is 12.2 Å². The van der Waals surface area contributed by atoms with E-state index in [9.17, 15) is 9.59 Å². The number of fused-ring (bicyclic) bond motifs is 1. The molecule has 0 bridgehead atoms. The largest absolute Gasteiger partial charge is 0.475 e. The van der Waals surface area contributed by atoms with Gasteiger partial charge in [0, 0.05) is 23.3 Å². The molecule has 10 nitrogen and oxygen atoms in total. The van der Waals surface area contributed by atoms with Crippen LogP contribution in [0.25, 0.3) is 28.3 Å². The van der Waals surface area contributed by atoms with E-state index in [4.69, 9.17) is 4.74 Å². The van der Waals surface area contributed by atoms with Crippen molar-refractivity contribution < 1.29 is 9.53 Å². The lowest BCUT2D eigenvalue weighted by Crippen LogP contribution is -2.38. The molecule has 0 unspecified atom stereocenters. The molecule has 0 fully saturated rings. The lowest BCUT2D eigenvalue weighted by atomic mass is 10.1. The summed E-state index contributed by atoms with van der Waals surface area (Å²) >= 11 is 0. The van der Waals surface area contributed by atoms with Gasteiger partial charge in [-0.15, -0.1) is 15.3 Å². The molecule has 5 rings (SSSR count). The molecule has 0 radical (unpaired) electrons. The molecule has 1 N–H and O–H groups in total. The van der Waals surface area contributed by atoms with Crippen molar-refractivity contribution in [3.05, 3.63) is 94.8 Å². The lowest BCUT2D eigenvalue weighted by Gasteiger charge is -2.15. The SMILES string of the molecule is Cc1ccc(-c2ccc(=O)n([C@@H](C)C(=O)NCCOc3ccc4nnc(-c5ccccc5)n4n3)n2)cc1. The average Bonchev–Trinajstić information content (AvgIpc) is 3.35. The molecule has 0 aliphatic heterocycles. The highest BCUT2D eigenvalue weighted by atomic mass is 16.5. The van der Waals surface area contributed by atoms with Crippen molar-refractivity contribution in [2.75, 3.05) is 13.2 Å². The molecule has 5 aromatic rings. The van der Waals surface area contributed by atoms with Crippen LogP contribution < -0.4 is 15.6 Å².